The zero-order valence-electron chi connectivity index (χ0n) is 18.5. The van der Waals surface area contributed by atoms with Crippen molar-refractivity contribution in [2.75, 3.05) is 12.0 Å². The molecule has 3 aromatic carbocycles. The Morgan fingerprint density at radius 2 is 1.61 bits per heavy atom. The summed E-state index contributed by atoms with van der Waals surface area (Å²) in [5, 5.41) is 11.9. The second-order valence-electron chi connectivity index (χ2n) is 7.38. The van der Waals surface area contributed by atoms with Crippen LogP contribution in [0.3, 0.4) is 0 Å². The molecule has 0 bridgehead atoms. The number of ether oxygens (including phenoxy) is 1. The molecule has 1 saturated heterocycles. The van der Waals surface area contributed by atoms with Gasteiger partial charge < -0.3 is 14.0 Å². The molecule has 1 aliphatic heterocycles. The van der Waals surface area contributed by atoms with E-state index in [1.54, 1.807) is 0 Å². The molecular weight excluding hydrogens is 512 g/mol. The van der Waals surface area contributed by atoms with Gasteiger partial charge in [-0.3, -0.25) is 14.9 Å². The number of barbiturate groups is 1. The minimum absolute atomic E-state index is 0.0111. The number of rotatable bonds is 6. The van der Waals surface area contributed by atoms with Crippen molar-refractivity contribution in [3.8, 4) is 17.2 Å². The highest BCUT2D eigenvalue weighted by Crippen LogP contribution is 2.32. The third-order valence-corrected chi connectivity index (χ3v) is 6.51. The SMILES string of the molecule is COc1cc(/C=C2\C(=O)NC(=O)N(c3ccc(O)cc3)C2=O)ccc1OS(=O)(=O)c1ccc(Cl)cc1. The van der Waals surface area contributed by atoms with Crippen LogP contribution >= 0.6 is 11.6 Å². The number of imide groups is 2. The minimum atomic E-state index is -4.20. The standard InChI is InChI=1S/C24H17ClN2O8S/c1-34-21-13-14(2-11-20(21)35-36(32,33)18-9-3-15(25)4-10-18)12-19-22(29)26-24(31)27(23(19)30)16-5-7-17(28)8-6-16/h2-13,28H,1H3,(H,26,29,31)/b19-12+. The first-order valence-electron chi connectivity index (χ1n) is 10.2. The number of halogens is 1. The molecule has 1 heterocycles. The Labute approximate surface area is 210 Å². The molecule has 0 radical (unpaired) electrons. The molecule has 0 atom stereocenters. The van der Waals surface area contributed by atoms with E-state index in [2.05, 4.69) is 5.32 Å². The number of carbonyl (C=O) groups excluding carboxylic acids is 3. The number of nitrogens with zero attached hydrogens (tertiary/aromatic N) is 1. The molecule has 12 heteroatoms. The number of carbonyl (C=O) groups is 3. The van der Waals surface area contributed by atoms with Gasteiger partial charge >= 0.3 is 16.1 Å². The maximum atomic E-state index is 13.0. The van der Waals surface area contributed by atoms with E-state index in [0.29, 0.717) is 10.6 Å². The maximum Gasteiger partial charge on any atom is 0.339 e. The zero-order valence-corrected chi connectivity index (χ0v) is 20.0. The molecule has 3 aromatic rings. The highest BCUT2D eigenvalue weighted by molar-refractivity contribution is 7.87. The number of methoxy groups -OCH3 is 1. The fourth-order valence-electron chi connectivity index (χ4n) is 3.27. The van der Waals surface area contributed by atoms with Gasteiger partial charge in [0.25, 0.3) is 11.8 Å². The van der Waals surface area contributed by atoms with Crippen LogP contribution in [0.15, 0.2) is 77.2 Å². The molecule has 1 fully saturated rings. The van der Waals surface area contributed by atoms with E-state index in [9.17, 15) is 27.9 Å². The van der Waals surface area contributed by atoms with Crippen molar-refractivity contribution >= 4 is 51.3 Å². The highest BCUT2D eigenvalue weighted by atomic mass is 35.5. The van der Waals surface area contributed by atoms with Gasteiger partial charge in [-0.05, 0) is 72.3 Å². The number of phenolic OH excluding ortho intramolecular Hbond substituents is 1. The maximum absolute atomic E-state index is 13.0. The third-order valence-electron chi connectivity index (χ3n) is 5.01. The Hall–Kier alpha value is -4.35. The number of hydrogen-bond donors (Lipinski definition) is 2. The topological polar surface area (TPSA) is 139 Å². The fourth-order valence-corrected chi connectivity index (χ4v) is 4.34. The Balaban J connectivity index is 1.64. The quantitative estimate of drug-likeness (QED) is 0.281. The lowest BCUT2D eigenvalue weighted by Gasteiger charge is -2.26. The van der Waals surface area contributed by atoms with Crippen LogP contribution in [0.25, 0.3) is 6.08 Å². The number of amides is 4. The number of hydrogen-bond acceptors (Lipinski definition) is 8. The van der Waals surface area contributed by atoms with E-state index in [-0.39, 0.29) is 33.4 Å². The van der Waals surface area contributed by atoms with Gasteiger partial charge in [0.2, 0.25) is 0 Å². The number of benzene rings is 3. The van der Waals surface area contributed by atoms with Crippen molar-refractivity contribution in [2.24, 2.45) is 0 Å². The first-order valence-corrected chi connectivity index (χ1v) is 12.0. The molecule has 0 spiro atoms. The molecule has 4 rings (SSSR count). The smallest absolute Gasteiger partial charge is 0.339 e. The molecule has 4 amide bonds. The molecule has 10 nitrogen and oxygen atoms in total. The lowest BCUT2D eigenvalue weighted by atomic mass is 10.1. The molecule has 0 saturated carbocycles. The van der Waals surface area contributed by atoms with Crippen molar-refractivity contribution < 1.29 is 36.8 Å². The molecule has 2 N–H and O–H groups in total. The van der Waals surface area contributed by atoms with Crippen LogP contribution in [0.2, 0.25) is 5.02 Å². The molecule has 1 aliphatic rings. The van der Waals surface area contributed by atoms with Crippen molar-refractivity contribution in [1.82, 2.24) is 5.32 Å². The van der Waals surface area contributed by atoms with E-state index < -0.39 is 28.0 Å². The van der Waals surface area contributed by atoms with Crippen LogP contribution in [-0.2, 0) is 19.7 Å². The summed E-state index contributed by atoms with van der Waals surface area (Å²) in [6.07, 6.45) is 1.22. The van der Waals surface area contributed by atoms with E-state index in [1.165, 1.54) is 79.9 Å². The Kier molecular flexibility index (Phi) is 6.69. The van der Waals surface area contributed by atoms with Crippen molar-refractivity contribution in [3.63, 3.8) is 0 Å². The molecule has 184 valence electrons. The Morgan fingerprint density at radius 1 is 0.944 bits per heavy atom. The van der Waals surface area contributed by atoms with Gasteiger partial charge in [0.05, 0.1) is 12.8 Å². The van der Waals surface area contributed by atoms with E-state index >= 15 is 0 Å². The summed E-state index contributed by atoms with van der Waals surface area (Å²) in [5.74, 6) is -1.99. The zero-order chi connectivity index (χ0) is 26.0. The van der Waals surface area contributed by atoms with Crippen LogP contribution in [0.1, 0.15) is 5.56 Å². The number of nitrogens with one attached hydrogen (secondary N) is 1. The lowest BCUT2D eigenvalue weighted by molar-refractivity contribution is -0.122. The summed E-state index contributed by atoms with van der Waals surface area (Å²) >= 11 is 5.80. The predicted molar refractivity (Wildman–Crippen MR) is 129 cm³/mol. The van der Waals surface area contributed by atoms with Crippen molar-refractivity contribution in [2.45, 2.75) is 4.90 Å². The van der Waals surface area contributed by atoms with Gasteiger partial charge in [-0.15, -0.1) is 0 Å². The van der Waals surface area contributed by atoms with Crippen molar-refractivity contribution in [1.29, 1.82) is 0 Å². The molecule has 36 heavy (non-hydrogen) atoms. The number of urea groups is 1. The number of phenols is 1. The van der Waals surface area contributed by atoms with Gasteiger partial charge in [0.1, 0.15) is 16.2 Å². The average Bonchev–Trinajstić information content (AvgIpc) is 2.83. The predicted octanol–water partition coefficient (Wildman–Crippen LogP) is 3.49. The largest absolute Gasteiger partial charge is 0.508 e. The number of anilines is 1. The summed E-state index contributed by atoms with van der Waals surface area (Å²) < 4.78 is 35.7. The summed E-state index contributed by atoms with van der Waals surface area (Å²) in [6, 6.07) is 13.8. The second-order valence-corrected chi connectivity index (χ2v) is 9.36. The highest BCUT2D eigenvalue weighted by Gasteiger charge is 2.36. The number of aromatic hydroxyl groups is 1. The lowest BCUT2D eigenvalue weighted by Crippen LogP contribution is -2.54. The van der Waals surface area contributed by atoms with E-state index in [4.69, 9.17) is 20.5 Å². The van der Waals surface area contributed by atoms with Crippen molar-refractivity contribution in [3.05, 3.63) is 82.9 Å². The minimum Gasteiger partial charge on any atom is -0.508 e. The second kappa shape index (κ2) is 9.72. The van der Waals surface area contributed by atoms with Gasteiger partial charge in [0, 0.05) is 5.02 Å². The van der Waals surface area contributed by atoms with E-state index in [1.807, 2.05) is 0 Å². The van der Waals surface area contributed by atoms with Crippen LogP contribution in [-0.4, -0.2) is 38.5 Å². The van der Waals surface area contributed by atoms with Gasteiger partial charge in [0.15, 0.2) is 11.5 Å². The Morgan fingerprint density at radius 3 is 2.25 bits per heavy atom. The molecule has 0 aromatic heterocycles. The van der Waals surface area contributed by atoms with Crippen LogP contribution in [0.5, 0.6) is 17.2 Å². The van der Waals surface area contributed by atoms with Gasteiger partial charge in [-0.2, -0.15) is 8.42 Å². The molecular formula is C24H17ClN2O8S. The van der Waals surface area contributed by atoms with Crippen LogP contribution in [0, 0.1) is 0 Å². The summed E-state index contributed by atoms with van der Waals surface area (Å²) in [5.41, 5.74) is 0.0798. The summed E-state index contributed by atoms with van der Waals surface area (Å²) in [4.78, 5) is 38.3. The normalized spacial score (nSPS) is 15.1. The average molecular weight is 529 g/mol. The summed E-state index contributed by atoms with van der Waals surface area (Å²) in [7, 11) is -2.91. The van der Waals surface area contributed by atoms with Crippen LogP contribution < -0.4 is 19.1 Å². The molecule has 0 unspecified atom stereocenters. The van der Waals surface area contributed by atoms with Gasteiger partial charge in [-0.1, -0.05) is 17.7 Å². The fraction of sp³-hybridized carbons (Fsp3) is 0.0417. The third kappa shape index (κ3) is 5.02. The monoisotopic (exact) mass is 528 g/mol. The Bertz CT molecular complexity index is 1500. The summed E-state index contributed by atoms with van der Waals surface area (Å²) in [6.45, 7) is 0. The van der Waals surface area contributed by atoms with Crippen LogP contribution in [0.4, 0.5) is 10.5 Å². The van der Waals surface area contributed by atoms with Gasteiger partial charge in [-0.25, -0.2) is 9.69 Å². The first-order chi connectivity index (χ1) is 17.1. The first kappa shape index (κ1) is 24.8. The van der Waals surface area contributed by atoms with E-state index in [0.717, 1.165) is 4.90 Å². The molecule has 0 aliphatic carbocycles.